The first-order valence-corrected chi connectivity index (χ1v) is 7.98. The number of rotatable bonds is 0. The first-order chi connectivity index (χ1) is 9.59. The van der Waals surface area contributed by atoms with Gasteiger partial charge < -0.3 is 10.5 Å². The van der Waals surface area contributed by atoms with Crippen LogP contribution in [0.25, 0.3) is 11.3 Å². The smallest absolute Gasteiger partial charge is 0.180 e. The number of benzene rings is 1. The van der Waals surface area contributed by atoms with E-state index in [-0.39, 0.29) is 5.60 Å². The van der Waals surface area contributed by atoms with E-state index in [4.69, 9.17) is 10.5 Å². The molecule has 0 unspecified atom stereocenters. The van der Waals surface area contributed by atoms with Crippen molar-refractivity contribution in [1.82, 2.24) is 4.98 Å². The van der Waals surface area contributed by atoms with E-state index in [1.807, 2.05) is 0 Å². The summed E-state index contributed by atoms with van der Waals surface area (Å²) in [7, 11) is 0. The van der Waals surface area contributed by atoms with E-state index in [2.05, 4.69) is 31.0 Å². The van der Waals surface area contributed by atoms with Crippen molar-refractivity contribution < 1.29 is 4.74 Å². The van der Waals surface area contributed by atoms with Crippen LogP contribution in [-0.4, -0.2) is 4.98 Å². The molecule has 1 saturated carbocycles. The molecule has 1 aliphatic carbocycles. The second kappa shape index (κ2) is 3.98. The van der Waals surface area contributed by atoms with Crippen LogP contribution in [0.1, 0.15) is 41.7 Å². The summed E-state index contributed by atoms with van der Waals surface area (Å²) in [6.07, 6.45) is 4.59. The van der Waals surface area contributed by atoms with E-state index in [0.29, 0.717) is 5.13 Å². The number of nitrogens with two attached hydrogens (primary N) is 1. The highest BCUT2D eigenvalue weighted by atomic mass is 32.1. The summed E-state index contributed by atoms with van der Waals surface area (Å²) in [5.74, 6) is 0.988. The van der Waals surface area contributed by atoms with Gasteiger partial charge in [0.25, 0.3) is 0 Å². The SMILES string of the molecule is Cc1cc(C)c2c(c1)OC1(CCCC1)c1sc(N)nc1-2. The summed E-state index contributed by atoms with van der Waals surface area (Å²) in [6.45, 7) is 4.24. The van der Waals surface area contributed by atoms with Crippen LogP contribution in [-0.2, 0) is 5.60 Å². The quantitative estimate of drug-likeness (QED) is 0.790. The third kappa shape index (κ3) is 1.54. The zero-order valence-corrected chi connectivity index (χ0v) is 12.6. The highest BCUT2D eigenvalue weighted by Gasteiger charge is 2.46. The van der Waals surface area contributed by atoms with Crippen LogP contribution in [0.4, 0.5) is 5.13 Å². The van der Waals surface area contributed by atoms with Crippen molar-refractivity contribution in [3.8, 4) is 17.0 Å². The third-order valence-corrected chi connectivity index (χ3v) is 5.52. The Hall–Kier alpha value is -1.55. The molecule has 104 valence electrons. The highest BCUT2D eigenvalue weighted by molar-refractivity contribution is 7.16. The minimum Gasteiger partial charge on any atom is -0.481 e. The van der Waals surface area contributed by atoms with E-state index in [0.717, 1.165) is 29.8 Å². The number of ether oxygens (including phenoxy) is 1. The van der Waals surface area contributed by atoms with Crippen LogP contribution in [0.15, 0.2) is 12.1 Å². The number of hydrogen-bond donors (Lipinski definition) is 1. The molecule has 4 rings (SSSR count). The van der Waals surface area contributed by atoms with Crippen LogP contribution in [0.3, 0.4) is 0 Å². The van der Waals surface area contributed by atoms with Gasteiger partial charge in [0.05, 0.1) is 10.6 Å². The second-order valence-electron chi connectivity index (χ2n) is 5.99. The van der Waals surface area contributed by atoms with Gasteiger partial charge in [0.2, 0.25) is 0 Å². The molecule has 0 amide bonds. The van der Waals surface area contributed by atoms with E-state index < -0.39 is 0 Å². The summed E-state index contributed by atoms with van der Waals surface area (Å²) in [5, 5.41) is 0.651. The van der Waals surface area contributed by atoms with Gasteiger partial charge in [-0.2, -0.15) is 0 Å². The Kier molecular flexibility index (Phi) is 2.43. The Balaban J connectivity index is 2.02. The molecule has 2 aliphatic rings. The van der Waals surface area contributed by atoms with Gasteiger partial charge in [-0.05, 0) is 56.7 Å². The predicted molar refractivity (Wildman–Crippen MR) is 82.2 cm³/mol. The van der Waals surface area contributed by atoms with Crippen LogP contribution in [0, 0.1) is 13.8 Å². The van der Waals surface area contributed by atoms with Gasteiger partial charge in [-0.1, -0.05) is 17.4 Å². The lowest BCUT2D eigenvalue weighted by molar-refractivity contribution is 0.0747. The minimum absolute atomic E-state index is 0.169. The maximum absolute atomic E-state index is 6.50. The van der Waals surface area contributed by atoms with Gasteiger partial charge in [0, 0.05) is 5.56 Å². The molecule has 20 heavy (non-hydrogen) atoms. The van der Waals surface area contributed by atoms with E-state index in [9.17, 15) is 0 Å². The van der Waals surface area contributed by atoms with E-state index in [1.165, 1.54) is 28.8 Å². The Morgan fingerprint density at radius 2 is 2.00 bits per heavy atom. The molecular formula is C16H18N2OS. The van der Waals surface area contributed by atoms with Crippen LogP contribution in [0.5, 0.6) is 5.75 Å². The number of nitrogens with zero attached hydrogens (tertiary/aromatic N) is 1. The molecule has 1 fully saturated rings. The van der Waals surface area contributed by atoms with Crippen LogP contribution in [0.2, 0.25) is 0 Å². The topological polar surface area (TPSA) is 48.1 Å². The molecule has 1 spiro atoms. The van der Waals surface area contributed by atoms with Crippen molar-refractivity contribution in [2.75, 3.05) is 5.73 Å². The lowest BCUT2D eigenvalue weighted by Crippen LogP contribution is -2.32. The molecule has 4 heteroatoms. The minimum atomic E-state index is -0.169. The normalized spacial score (nSPS) is 18.7. The zero-order valence-electron chi connectivity index (χ0n) is 11.8. The largest absolute Gasteiger partial charge is 0.481 e. The summed E-state index contributed by atoms with van der Waals surface area (Å²) < 4.78 is 6.50. The van der Waals surface area contributed by atoms with Gasteiger partial charge in [0.1, 0.15) is 11.4 Å². The van der Waals surface area contributed by atoms with Crippen LogP contribution < -0.4 is 10.5 Å². The Morgan fingerprint density at radius 1 is 1.25 bits per heavy atom. The average molecular weight is 286 g/mol. The average Bonchev–Trinajstić information content (AvgIpc) is 2.96. The lowest BCUT2D eigenvalue weighted by atomic mass is 9.90. The number of aryl methyl sites for hydroxylation is 2. The maximum Gasteiger partial charge on any atom is 0.180 e. The summed E-state index contributed by atoms with van der Waals surface area (Å²) in [4.78, 5) is 5.86. The highest BCUT2D eigenvalue weighted by Crippen LogP contribution is 2.55. The van der Waals surface area contributed by atoms with Gasteiger partial charge in [0.15, 0.2) is 5.13 Å². The van der Waals surface area contributed by atoms with Gasteiger partial charge >= 0.3 is 0 Å². The molecular weight excluding hydrogens is 268 g/mol. The Morgan fingerprint density at radius 3 is 2.75 bits per heavy atom. The van der Waals surface area contributed by atoms with Crippen molar-refractivity contribution in [3.05, 3.63) is 28.1 Å². The van der Waals surface area contributed by atoms with E-state index >= 15 is 0 Å². The molecule has 3 nitrogen and oxygen atoms in total. The van der Waals surface area contributed by atoms with Crippen LogP contribution >= 0.6 is 11.3 Å². The number of fused-ring (bicyclic) bond motifs is 4. The third-order valence-electron chi connectivity index (χ3n) is 4.45. The van der Waals surface area contributed by atoms with Crippen molar-refractivity contribution in [1.29, 1.82) is 0 Å². The molecule has 0 atom stereocenters. The zero-order chi connectivity index (χ0) is 13.9. The first-order valence-electron chi connectivity index (χ1n) is 7.16. The summed E-state index contributed by atoms with van der Waals surface area (Å²) >= 11 is 1.60. The van der Waals surface area contributed by atoms with Crippen molar-refractivity contribution in [3.63, 3.8) is 0 Å². The molecule has 1 aromatic carbocycles. The number of hydrogen-bond acceptors (Lipinski definition) is 4. The Labute approximate surface area is 122 Å². The molecule has 0 radical (unpaired) electrons. The number of aromatic nitrogens is 1. The molecule has 2 N–H and O–H groups in total. The molecule has 1 aromatic heterocycles. The van der Waals surface area contributed by atoms with Crippen molar-refractivity contribution in [2.24, 2.45) is 0 Å². The summed E-state index contributed by atoms with van der Waals surface area (Å²) in [6, 6.07) is 4.33. The standard InChI is InChI=1S/C16H18N2OS/c1-9-7-10(2)12-11(8-9)19-16(5-3-4-6-16)14-13(12)18-15(17)20-14/h7-8H,3-6H2,1-2H3,(H2,17,18). The summed E-state index contributed by atoms with van der Waals surface area (Å²) in [5.41, 5.74) is 10.5. The molecule has 0 bridgehead atoms. The number of anilines is 1. The van der Waals surface area contributed by atoms with Crippen molar-refractivity contribution in [2.45, 2.75) is 45.1 Å². The Bertz CT molecular complexity index is 699. The predicted octanol–water partition coefficient (Wildman–Crippen LogP) is 4.17. The fourth-order valence-corrected chi connectivity index (χ4v) is 4.68. The van der Waals surface area contributed by atoms with Gasteiger partial charge in [-0.3, -0.25) is 0 Å². The first kappa shape index (κ1) is 12.2. The molecule has 2 aromatic rings. The number of nitrogen functional groups attached to an aromatic ring is 1. The maximum atomic E-state index is 6.50. The fourth-order valence-electron chi connectivity index (χ4n) is 3.66. The number of thiazole rings is 1. The van der Waals surface area contributed by atoms with Gasteiger partial charge in [-0.15, -0.1) is 0 Å². The molecule has 1 aliphatic heterocycles. The lowest BCUT2D eigenvalue weighted by Gasteiger charge is -2.35. The molecule has 0 saturated heterocycles. The molecule has 2 heterocycles. The van der Waals surface area contributed by atoms with Gasteiger partial charge in [-0.25, -0.2) is 4.98 Å². The van der Waals surface area contributed by atoms with Crippen molar-refractivity contribution >= 4 is 16.5 Å². The monoisotopic (exact) mass is 286 g/mol. The fraction of sp³-hybridized carbons (Fsp3) is 0.438. The second-order valence-corrected chi connectivity index (χ2v) is 7.02. The van der Waals surface area contributed by atoms with E-state index in [1.54, 1.807) is 11.3 Å².